The summed E-state index contributed by atoms with van der Waals surface area (Å²) in [5.41, 5.74) is -0.562. The Morgan fingerprint density at radius 3 is 2.21 bits per heavy atom. The van der Waals surface area contributed by atoms with Gasteiger partial charge in [-0.25, -0.2) is 0 Å². The maximum absolute atomic E-state index is 11.6. The number of carbonyl (C=O) groups excluding carboxylic acids is 2. The van der Waals surface area contributed by atoms with Gasteiger partial charge in [-0.3, -0.25) is 14.4 Å². The summed E-state index contributed by atoms with van der Waals surface area (Å²) in [7, 11) is 0. The lowest BCUT2D eigenvalue weighted by Crippen LogP contribution is -2.37. The quantitative estimate of drug-likeness (QED) is 0.560. The number of carboxylic acids is 1. The topological polar surface area (TPSA) is 95.5 Å². The summed E-state index contributed by atoms with van der Waals surface area (Å²) < 4.78 is 0. The molecule has 0 aromatic heterocycles. The van der Waals surface area contributed by atoms with Crippen molar-refractivity contribution < 1.29 is 19.5 Å². The molecule has 0 aromatic carbocycles. The van der Waals surface area contributed by atoms with Crippen molar-refractivity contribution in [1.29, 1.82) is 0 Å². The fraction of sp³-hybridized carbons (Fsp3) is 0.769. The van der Waals surface area contributed by atoms with Gasteiger partial charge in [-0.15, -0.1) is 0 Å². The second-order valence-electron chi connectivity index (χ2n) is 5.83. The van der Waals surface area contributed by atoms with E-state index < -0.39 is 11.4 Å². The zero-order valence-corrected chi connectivity index (χ0v) is 11.5. The molecule has 0 radical (unpaired) electrons. The molecule has 0 aromatic rings. The summed E-state index contributed by atoms with van der Waals surface area (Å²) in [6, 6.07) is 0. The number of aliphatic carboxylic acids is 1. The number of amides is 2. The van der Waals surface area contributed by atoms with Crippen molar-refractivity contribution in [3.8, 4) is 0 Å². The van der Waals surface area contributed by atoms with E-state index in [0.29, 0.717) is 13.1 Å². The van der Waals surface area contributed by atoms with Crippen molar-refractivity contribution in [1.82, 2.24) is 10.6 Å². The molecule has 6 heteroatoms. The molecule has 0 aliphatic heterocycles. The van der Waals surface area contributed by atoms with Crippen LogP contribution in [0.3, 0.4) is 0 Å². The first-order valence-corrected chi connectivity index (χ1v) is 6.56. The third kappa shape index (κ3) is 6.79. The van der Waals surface area contributed by atoms with Crippen molar-refractivity contribution >= 4 is 17.8 Å². The van der Waals surface area contributed by atoms with Gasteiger partial charge in [-0.2, -0.15) is 0 Å². The van der Waals surface area contributed by atoms with Crippen LogP contribution in [0.2, 0.25) is 0 Å². The number of hydrogen-bond donors (Lipinski definition) is 3. The van der Waals surface area contributed by atoms with E-state index >= 15 is 0 Å². The lowest BCUT2D eigenvalue weighted by atomic mass is 9.85. The molecule has 1 fully saturated rings. The Balaban J connectivity index is 2.12. The summed E-state index contributed by atoms with van der Waals surface area (Å²) >= 11 is 0. The van der Waals surface area contributed by atoms with Gasteiger partial charge >= 0.3 is 5.97 Å². The Labute approximate surface area is 112 Å². The SMILES string of the molecule is CC(C)(CC(=O)O)CC(=O)NCCNC(=O)C1CC1. The third-order valence-corrected chi connectivity index (χ3v) is 2.96. The number of carbonyl (C=O) groups is 3. The molecule has 6 nitrogen and oxygen atoms in total. The van der Waals surface area contributed by atoms with Gasteiger partial charge in [0.1, 0.15) is 0 Å². The first kappa shape index (κ1) is 15.5. The standard InChI is InChI=1S/C13H22N2O4/c1-13(2,8-11(17)18)7-10(16)14-5-6-15-12(19)9-3-4-9/h9H,3-8H2,1-2H3,(H,14,16)(H,15,19)(H,17,18). The zero-order valence-electron chi connectivity index (χ0n) is 11.5. The first-order valence-electron chi connectivity index (χ1n) is 6.56. The number of hydrogen-bond acceptors (Lipinski definition) is 3. The van der Waals surface area contributed by atoms with Crippen LogP contribution in [0.4, 0.5) is 0 Å². The number of rotatable bonds is 8. The molecule has 19 heavy (non-hydrogen) atoms. The van der Waals surface area contributed by atoms with Crippen molar-refractivity contribution in [2.75, 3.05) is 13.1 Å². The summed E-state index contributed by atoms with van der Waals surface area (Å²) in [6.07, 6.45) is 2.04. The molecule has 0 heterocycles. The minimum atomic E-state index is -0.908. The highest BCUT2D eigenvalue weighted by Crippen LogP contribution is 2.28. The predicted molar refractivity (Wildman–Crippen MR) is 69.4 cm³/mol. The molecular formula is C13H22N2O4. The van der Waals surface area contributed by atoms with E-state index in [0.717, 1.165) is 12.8 Å². The molecule has 1 saturated carbocycles. The lowest BCUT2D eigenvalue weighted by molar-refractivity contribution is -0.139. The van der Waals surface area contributed by atoms with E-state index in [-0.39, 0.29) is 30.6 Å². The first-order chi connectivity index (χ1) is 8.80. The van der Waals surface area contributed by atoms with Gasteiger partial charge < -0.3 is 15.7 Å². The van der Waals surface area contributed by atoms with Crippen LogP contribution < -0.4 is 10.6 Å². The lowest BCUT2D eigenvalue weighted by Gasteiger charge is -2.21. The maximum Gasteiger partial charge on any atom is 0.303 e. The van der Waals surface area contributed by atoms with Crippen molar-refractivity contribution in [3.05, 3.63) is 0 Å². The van der Waals surface area contributed by atoms with E-state index in [1.807, 2.05) is 0 Å². The molecule has 108 valence electrons. The summed E-state index contributed by atoms with van der Waals surface area (Å²) in [4.78, 5) is 33.5. The van der Waals surface area contributed by atoms with E-state index in [1.165, 1.54) is 0 Å². The van der Waals surface area contributed by atoms with Crippen LogP contribution in [0.25, 0.3) is 0 Å². The highest BCUT2D eigenvalue weighted by molar-refractivity contribution is 5.81. The Morgan fingerprint density at radius 1 is 1.11 bits per heavy atom. The monoisotopic (exact) mass is 270 g/mol. The van der Waals surface area contributed by atoms with Gasteiger partial charge in [0.15, 0.2) is 0 Å². The molecular weight excluding hydrogens is 248 g/mol. The molecule has 1 aliphatic carbocycles. The minimum Gasteiger partial charge on any atom is -0.481 e. The van der Waals surface area contributed by atoms with Crippen LogP contribution >= 0.6 is 0 Å². The third-order valence-electron chi connectivity index (χ3n) is 2.96. The second kappa shape index (κ2) is 6.54. The Bertz CT molecular complexity index is 362. The molecule has 1 rings (SSSR count). The molecule has 0 unspecified atom stereocenters. The van der Waals surface area contributed by atoms with Gasteiger partial charge in [0.25, 0.3) is 0 Å². The van der Waals surface area contributed by atoms with Gasteiger partial charge in [0, 0.05) is 25.4 Å². The fourth-order valence-corrected chi connectivity index (χ4v) is 1.85. The van der Waals surface area contributed by atoms with Gasteiger partial charge in [0.2, 0.25) is 11.8 Å². The van der Waals surface area contributed by atoms with Crippen LogP contribution in [-0.2, 0) is 14.4 Å². The summed E-state index contributed by atoms with van der Waals surface area (Å²) in [5.74, 6) is -0.868. The van der Waals surface area contributed by atoms with Crippen molar-refractivity contribution in [3.63, 3.8) is 0 Å². The van der Waals surface area contributed by atoms with Crippen LogP contribution in [0.5, 0.6) is 0 Å². The van der Waals surface area contributed by atoms with Crippen LogP contribution in [0.15, 0.2) is 0 Å². The van der Waals surface area contributed by atoms with Crippen LogP contribution in [0, 0.1) is 11.3 Å². The summed E-state index contributed by atoms with van der Waals surface area (Å²) in [5, 5.41) is 14.1. The second-order valence-corrected chi connectivity index (χ2v) is 5.83. The molecule has 1 aliphatic rings. The minimum absolute atomic E-state index is 0.0428. The predicted octanol–water partition coefficient (Wildman–Crippen LogP) is 0.520. The Kier molecular flexibility index (Phi) is 5.32. The van der Waals surface area contributed by atoms with Crippen molar-refractivity contribution in [2.45, 2.75) is 39.5 Å². The maximum atomic E-state index is 11.6. The number of carboxylic acid groups (broad SMARTS) is 1. The average Bonchev–Trinajstić information content (AvgIpc) is 3.04. The van der Waals surface area contributed by atoms with E-state index in [9.17, 15) is 14.4 Å². The highest BCUT2D eigenvalue weighted by Gasteiger charge is 2.29. The van der Waals surface area contributed by atoms with E-state index in [4.69, 9.17) is 5.11 Å². The smallest absolute Gasteiger partial charge is 0.303 e. The highest BCUT2D eigenvalue weighted by atomic mass is 16.4. The Hall–Kier alpha value is -1.59. The van der Waals surface area contributed by atoms with Crippen molar-refractivity contribution in [2.24, 2.45) is 11.3 Å². The van der Waals surface area contributed by atoms with Gasteiger partial charge in [-0.1, -0.05) is 13.8 Å². The molecule has 2 amide bonds. The van der Waals surface area contributed by atoms with Crippen LogP contribution in [0.1, 0.15) is 39.5 Å². The van der Waals surface area contributed by atoms with E-state index in [1.54, 1.807) is 13.8 Å². The average molecular weight is 270 g/mol. The molecule has 0 saturated heterocycles. The zero-order chi connectivity index (χ0) is 14.5. The molecule has 0 spiro atoms. The normalized spacial score (nSPS) is 14.8. The molecule has 0 atom stereocenters. The van der Waals surface area contributed by atoms with Crippen LogP contribution in [-0.4, -0.2) is 36.0 Å². The molecule has 3 N–H and O–H groups in total. The fourth-order valence-electron chi connectivity index (χ4n) is 1.85. The Morgan fingerprint density at radius 2 is 1.68 bits per heavy atom. The molecule has 0 bridgehead atoms. The van der Waals surface area contributed by atoms with Gasteiger partial charge in [0.05, 0.1) is 6.42 Å². The van der Waals surface area contributed by atoms with Gasteiger partial charge in [-0.05, 0) is 18.3 Å². The number of nitrogens with one attached hydrogen (secondary N) is 2. The van der Waals surface area contributed by atoms with E-state index in [2.05, 4.69) is 10.6 Å². The largest absolute Gasteiger partial charge is 0.481 e. The summed E-state index contributed by atoms with van der Waals surface area (Å²) in [6.45, 7) is 4.28.